The van der Waals surface area contributed by atoms with Crippen LogP contribution < -0.4 is 0 Å². The van der Waals surface area contributed by atoms with Crippen LogP contribution in [0.3, 0.4) is 0 Å². The Bertz CT molecular complexity index is 4470. The number of hydrogen-bond donors (Lipinski definition) is 0. The predicted octanol–water partition coefficient (Wildman–Crippen LogP) is 17.1. The highest BCUT2D eigenvalue weighted by Crippen LogP contribution is 2.63. The first kappa shape index (κ1) is 41.9. The van der Waals surface area contributed by atoms with Crippen LogP contribution in [0.25, 0.3) is 117 Å². The summed E-state index contributed by atoms with van der Waals surface area (Å²) >= 11 is 0. The lowest BCUT2D eigenvalue weighted by Crippen LogP contribution is -2.25. The zero-order chi connectivity index (χ0) is 49.2. The quantitative estimate of drug-likeness (QED) is 0.167. The van der Waals surface area contributed by atoms with Crippen molar-refractivity contribution in [3.63, 3.8) is 0 Å². The normalized spacial score (nSPS) is 14.7. The van der Waals surface area contributed by atoms with E-state index >= 15 is 0 Å². The zero-order valence-electron chi connectivity index (χ0n) is 40.8. The van der Waals surface area contributed by atoms with E-state index in [0.717, 1.165) is 56.2 Å². The predicted molar refractivity (Wildman–Crippen MR) is 307 cm³/mol. The first-order valence-electron chi connectivity index (χ1n) is 26.0. The van der Waals surface area contributed by atoms with Crippen LogP contribution in [0.4, 0.5) is 0 Å². The van der Waals surface area contributed by atoms with Crippen molar-refractivity contribution in [1.82, 2.24) is 24.1 Å². The van der Waals surface area contributed by atoms with Crippen LogP contribution in [-0.2, 0) is 5.41 Å². The number of para-hydroxylation sites is 1. The van der Waals surface area contributed by atoms with Crippen molar-refractivity contribution in [2.24, 2.45) is 0 Å². The maximum Gasteiger partial charge on any atom is 0.164 e. The lowest BCUT2D eigenvalue weighted by atomic mass is 9.70. The molecule has 10 aromatic carbocycles. The van der Waals surface area contributed by atoms with Crippen molar-refractivity contribution in [3.8, 4) is 73.2 Å². The van der Waals surface area contributed by atoms with Gasteiger partial charge in [-0.05, 0) is 111 Å². The van der Waals surface area contributed by atoms with Crippen LogP contribution in [-0.4, -0.2) is 24.1 Å². The molecule has 75 heavy (non-hydrogen) atoms. The molecule has 13 aromatic rings. The van der Waals surface area contributed by atoms with E-state index < -0.39 is 5.41 Å². The molecular weight excluding hydrogens is 911 g/mol. The molecule has 1 atom stereocenters. The van der Waals surface area contributed by atoms with Crippen molar-refractivity contribution < 1.29 is 0 Å². The molecule has 5 nitrogen and oxygen atoms in total. The summed E-state index contributed by atoms with van der Waals surface area (Å²) in [6.07, 6.45) is 9.90. The molecule has 0 radical (unpaired) electrons. The Morgan fingerprint density at radius 3 is 1.47 bits per heavy atom. The highest BCUT2D eigenvalue weighted by Gasteiger charge is 2.52. The molecule has 1 spiro atoms. The van der Waals surface area contributed by atoms with E-state index in [-0.39, 0.29) is 6.04 Å². The molecule has 0 fully saturated rings. The average molecular weight is 956 g/mol. The van der Waals surface area contributed by atoms with Gasteiger partial charge in [0.05, 0.1) is 28.2 Å². The Morgan fingerprint density at radius 2 is 0.840 bits per heavy atom. The number of hydrogen-bond acceptors (Lipinski definition) is 3. The molecule has 16 rings (SSSR count). The van der Waals surface area contributed by atoms with Crippen LogP contribution in [0.1, 0.15) is 34.7 Å². The van der Waals surface area contributed by atoms with Gasteiger partial charge in [-0.3, -0.25) is 0 Å². The smallest absolute Gasteiger partial charge is 0.164 e. The Morgan fingerprint density at radius 1 is 0.360 bits per heavy atom. The molecule has 0 amide bonds. The molecule has 0 saturated carbocycles. The fourth-order valence-corrected chi connectivity index (χ4v) is 13.1. The van der Waals surface area contributed by atoms with Crippen LogP contribution in [0.15, 0.2) is 255 Å². The molecule has 0 saturated heterocycles. The number of rotatable bonds is 6. The van der Waals surface area contributed by atoms with E-state index in [1.807, 2.05) is 36.4 Å². The third kappa shape index (κ3) is 6.04. The second-order valence-electron chi connectivity index (χ2n) is 20.2. The molecule has 0 bridgehead atoms. The highest BCUT2D eigenvalue weighted by molar-refractivity contribution is 6.14. The van der Waals surface area contributed by atoms with Crippen molar-refractivity contribution in [2.45, 2.75) is 17.9 Å². The molecule has 3 aliphatic carbocycles. The van der Waals surface area contributed by atoms with Crippen LogP contribution in [0.2, 0.25) is 0 Å². The molecule has 3 aliphatic rings. The summed E-state index contributed by atoms with van der Waals surface area (Å²) in [4.78, 5) is 15.5. The summed E-state index contributed by atoms with van der Waals surface area (Å²) in [6.45, 7) is 0. The third-order valence-electron chi connectivity index (χ3n) is 16.3. The fourth-order valence-electron chi connectivity index (χ4n) is 13.1. The first-order chi connectivity index (χ1) is 37.2. The van der Waals surface area contributed by atoms with E-state index in [1.54, 1.807) is 0 Å². The van der Waals surface area contributed by atoms with Crippen LogP contribution in [0, 0.1) is 0 Å². The van der Waals surface area contributed by atoms with E-state index in [1.165, 1.54) is 71.9 Å². The van der Waals surface area contributed by atoms with Crippen LogP contribution >= 0.6 is 0 Å². The standard InChI is InChI=1S/C70H45N5/c1-4-19-44(20-5-1)67-71-68(45-21-6-2-7-22-45)73-69(72-67)48-37-40-64-56(43-48)55-42-47(46-35-38-62-54(41-46)52-27-13-17-33-61(52)74(62)49-23-8-3-9-24-49)36-39-63(55)75(64)65-34-18-32-60-66(65)53-28-12-16-31-59(53)70(60)57-29-14-10-25-50(57)51-26-11-15-30-58(51)70/h1-23,25-43,49H,24H2. The largest absolute Gasteiger partial charge is 0.333 e. The van der Waals surface area contributed by atoms with Crippen molar-refractivity contribution in [2.75, 3.05) is 0 Å². The van der Waals surface area contributed by atoms with Gasteiger partial charge in [0.25, 0.3) is 0 Å². The van der Waals surface area contributed by atoms with E-state index in [0.29, 0.717) is 17.5 Å². The summed E-state index contributed by atoms with van der Waals surface area (Å²) in [5.41, 5.74) is 21.0. The van der Waals surface area contributed by atoms with Gasteiger partial charge >= 0.3 is 0 Å². The number of fused-ring (bicyclic) bond motifs is 16. The van der Waals surface area contributed by atoms with Crippen molar-refractivity contribution >= 4 is 43.6 Å². The Kier molecular flexibility index (Phi) is 9.01. The topological polar surface area (TPSA) is 48.5 Å². The average Bonchev–Trinajstić information content (AvgIpc) is 4.39. The van der Waals surface area contributed by atoms with E-state index in [9.17, 15) is 0 Å². The molecule has 3 heterocycles. The minimum Gasteiger partial charge on any atom is -0.333 e. The van der Waals surface area contributed by atoms with Gasteiger partial charge < -0.3 is 9.13 Å². The zero-order valence-corrected chi connectivity index (χ0v) is 40.8. The Labute approximate surface area is 433 Å². The van der Waals surface area contributed by atoms with Gasteiger partial charge in [0.2, 0.25) is 0 Å². The van der Waals surface area contributed by atoms with E-state index in [2.05, 4.69) is 228 Å². The lowest BCUT2D eigenvalue weighted by Gasteiger charge is -2.30. The molecule has 3 aromatic heterocycles. The van der Waals surface area contributed by atoms with Gasteiger partial charge in [0.15, 0.2) is 17.5 Å². The number of nitrogens with zero attached hydrogens (tertiary/aromatic N) is 5. The second kappa shape index (κ2) is 16.1. The SMILES string of the molecule is C1=CCC(n2c3ccccc3c3cc(-c4ccc5c(c4)c4cc(-c6nc(-c7ccccc7)nc(-c7ccccc7)n6)ccc4n5-c4cccc5c4-c4ccccc4C54c5ccccc5-c5ccccc54)ccc32)C=C1. The van der Waals surface area contributed by atoms with Gasteiger partial charge in [0, 0.05) is 54.8 Å². The molecule has 0 aliphatic heterocycles. The second-order valence-corrected chi connectivity index (χ2v) is 20.2. The molecule has 5 heteroatoms. The lowest BCUT2D eigenvalue weighted by molar-refractivity contribution is 0.648. The minimum absolute atomic E-state index is 0.260. The highest BCUT2D eigenvalue weighted by atomic mass is 15.0. The summed E-state index contributed by atoms with van der Waals surface area (Å²) in [5.74, 6) is 1.90. The number of benzene rings is 10. The van der Waals surface area contributed by atoms with Crippen molar-refractivity contribution in [1.29, 1.82) is 0 Å². The summed E-state index contributed by atoms with van der Waals surface area (Å²) in [5, 5.41) is 4.81. The molecule has 0 N–H and O–H groups in total. The monoisotopic (exact) mass is 955 g/mol. The van der Waals surface area contributed by atoms with Crippen molar-refractivity contribution in [3.05, 3.63) is 277 Å². The first-order valence-corrected chi connectivity index (χ1v) is 26.0. The van der Waals surface area contributed by atoms with Gasteiger partial charge in [-0.15, -0.1) is 0 Å². The third-order valence-corrected chi connectivity index (χ3v) is 16.3. The van der Waals surface area contributed by atoms with Crippen LogP contribution in [0.5, 0.6) is 0 Å². The summed E-state index contributed by atoms with van der Waals surface area (Å²) in [7, 11) is 0. The number of aromatic nitrogens is 5. The summed E-state index contributed by atoms with van der Waals surface area (Å²) in [6, 6.07) is 84.6. The maximum atomic E-state index is 5.22. The Balaban J connectivity index is 0.949. The molecular formula is C70H45N5. The minimum atomic E-state index is -0.467. The van der Waals surface area contributed by atoms with E-state index in [4.69, 9.17) is 15.0 Å². The fraction of sp³-hybridized carbons (Fsp3) is 0.0429. The van der Waals surface area contributed by atoms with Gasteiger partial charge in [0.1, 0.15) is 0 Å². The van der Waals surface area contributed by atoms with Gasteiger partial charge in [-0.1, -0.05) is 200 Å². The molecule has 1 unspecified atom stereocenters. The number of allylic oxidation sites excluding steroid dienone is 4. The summed E-state index contributed by atoms with van der Waals surface area (Å²) < 4.78 is 5.03. The maximum absolute atomic E-state index is 5.22. The Hall–Kier alpha value is -9.71. The molecule has 350 valence electrons. The van der Waals surface area contributed by atoms with Gasteiger partial charge in [-0.25, -0.2) is 15.0 Å². The van der Waals surface area contributed by atoms with Gasteiger partial charge in [-0.2, -0.15) is 0 Å².